The van der Waals surface area contributed by atoms with Crippen molar-refractivity contribution in [3.05, 3.63) is 45.3 Å². The number of esters is 1. The minimum Gasteiger partial charge on any atom is -0.497 e. The van der Waals surface area contributed by atoms with Crippen LogP contribution in [0, 0.1) is 17.8 Å². The van der Waals surface area contributed by atoms with Crippen LogP contribution in [0.1, 0.15) is 91.2 Å². The molecule has 188 valence electrons. The average molecular weight is 496 g/mol. The molecule has 1 aromatic heterocycles. The van der Waals surface area contributed by atoms with Crippen LogP contribution in [0.25, 0.3) is 0 Å². The topological polar surface area (TPSA) is 64.6 Å². The third-order valence-electron chi connectivity index (χ3n) is 8.61. The molecule has 1 aromatic carbocycles. The number of carbonyl (C=O) groups is 2. The zero-order chi connectivity index (χ0) is 24.9. The lowest BCUT2D eigenvalue weighted by molar-refractivity contribution is -0.116. The Hall–Kier alpha value is -2.34. The molecule has 1 amide bonds. The molecule has 1 N–H and O–H groups in total. The number of anilines is 1. The number of hydrogen-bond donors (Lipinski definition) is 1. The molecule has 35 heavy (non-hydrogen) atoms. The van der Waals surface area contributed by atoms with Gasteiger partial charge < -0.3 is 14.8 Å². The van der Waals surface area contributed by atoms with Gasteiger partial charge in [-0.2, -0.15) is 0 Å². The van der Waals surface area contributed by atoms with Gasteiger partial charge in [-0.05, 0) is 96.9 Å². The van der Waals surface area contributed by atoms with Crippen molar-refractivity contribution in [1.29, 1.82) is 0 Å². The number of nitrogens with one attached hydrogen (secondary N) is 1. The highest BCUT2D eigenvalue weighted by Gasteiger charge is 2.55. The van der Waals surface area contributed by atoms with E-state index in [4.69, 9.17) is 9.47 Å². The summed E-state index contributed by atoms with van der Waals surface area (Å²) in [6.45, 7) is 8.59. The summed E-state index contributed by atoms with van der Waals surface area (Å²) in [7, 11) is 1.73. The molecule has 0 bridgehead atoms. The van der Waals surface area contributed by atoms with Crippen molar-refractivity contribution in [3.63, 3.8) is 0 Å². The molecule has 0 saturated heterocycles. The van der Waals surface area contributed by atoms with Crippen LogP contribution in [0.5, 0.6) is 5.75 Å². The van der Waals surface area contributed by atoms with Gasteiger partial charge in [0.15, 0.2) is 0 Å². The Morgan fingerprint density at radius 1 is 1.26 bits per heavy atom. The molecule has 3 aliphatic rings. The zero-order valence-corrected chi connectivity index (χ0v) is 22.3. The number of amides is 1. The zero-order valence-electron chi connectivity index (χ0n) is 21.5. The second kappa shape index (κ2) is 9.27. The van der Waals surface area contributed by atoms with Gasteiger partial charge in [-0.25, -0.2) is 4.79 Å². The van der Waals surface area contributed by atoms with Gasteiger partial charge in [0.25, 0.3) is 0 Å². The van der Waals surface area contributed by atoms with Crippen molar-refractivity contribution in [1.82, 2.24) is 0 Å². The summed E-state index contributed by atoms with van der Waals surface area (Å²) in [5.41, 5.74) is 4.63. The van der Waals surface area contributed by atoms with Crippen molar-refractivity contribution in [2.24, 2.45) is 17.8 Å². The summed E-state index contributed by atoms with van der Waals surface area (Å²) >= 11 is 1.60. The van der Waals surface area contributed by atoms with Gasteiger partial charge in [-0.15, -0.1) is 11.3 Å². The maximum Gasteiger partial charge on any atom is 0.341 e. The van der Waals surface area contributed by atoms with Gasteiger partial charge in [0, 0.05) is 11.3 Å². The van der Waals surface area contributed by atoms with Gasteiger partial charge in [-0.1, -0.05) is 26.8 Å². The summed E-state index contributed by atoms with van der Waals surface area (Å²) in [5.74, 6) is 2.55. The minimum absolute atomic E-state index is 0.0322. The molecule has 3 aliphatic carbocycles. The summed E-state index contributed by atoms with van der Waals surface area (Å²) in [6, 6.07) is 6.60. The highest BCUT2D eigenvalue weighted by molar-refractivity contribution is 7.17. The molecule has 1 fully saturated rings. The molecule has 1 heterocycles. The van der Waals surface area contributed by atoms with E-state index in [-0.39, 0.29) is 23.2 Å². The summed E-state index contributed by atoms with van der Waals surface area (Å²) in [4.78, 5) is 27.1. The summed E-state index contributed by atoms with van der Waals surface area (Å²) in [6.07, 6.45) is 5.83. The van der Waals surface area contributed by atoms with Crippen LogP contribution >= 0.6 is 11.3 Å². The minimum atomic E-state index is -0.296. The van der Waals surface area contributed by atoms with E-state index in [1.165, 1.54) is 22.4 Å². The third-order valence-corrected chi connectivity index (χ3v) is 9.73. The van der Waals surface area contributed by atoms with Gasteiger partial charge in [0.1, 0.15) is 10.8 Å². The molecule has 2 aromatic rings. The lowest BCUT2D eigenvalue weighted by atomic mass is 9.54. The van der Waals surface area contributed by atoms with Crippen molar-refractivity contribution in [3.8, 4) is 5.75 Å². The van der Waals surface area contributed by atoms with Crippen LogP contribution < -0.4 is 10.1 Å². The van der Waals surface area contributed by atoms with E-state index in [0.717, 1.165) is 37.0 Å². The number of methoxy groups -OCH3 is 1. The lowest BCUT2D eigenvalue weighted by Gasteiger charge is -2.49. The first kappa shape index (κ1) is 24.4. The predicted molar refractivity (Wildman–Crippen MR) is 140 cm³/mol. The molecule has 0 spiro atoms. The van der Waals surface area contributed by atoms with E-state index < -0.39 is 0 Å². The van der Waals surface area contributed by atoms with Gasteiger partial charge in [0.2, 0.25) is 5.91 Å². The second-order valence-electron chi connectivity index (χ2n) is 11.1. The van der Waals surface area contributed by atoms with E-state index in [0.29, 0.717) is 41.3 Å². The quantitative estimate of drug-likeness (QED) is 0.465. The molecule has 1 saturated carbocycles. The van der Waals surface area contributed by atoms with Crippen molar-refractivity contribution < 1.29 is 19.1 Å². The van der Waals surface area contributed by atoms with Gasteiger partial charge in [0.05, 0.1) is 19.3 Å². The Bertz CT molecular complexity index is 1150. The Morgan fingerprint density at radius 3 is 2.77 bits per heavy atom. The van der Waals surface area contributed by atoms with Crippen LogP contribution in [0.4, 0.5) is 5.00 Å². The van der Waals surface area contributed by atoms with E-state index >= 15 is 0 Å². The highest BCUT2D eigenvalue weighted by atomic mass is 32.1. The van der Waals surface area contributed by atoms with Crippen LogP contribution in [0.3, 0.4) is 0 Å². The van der Waals surface area contributed by atoms with Crippen LogP contribution in [0.2, 0.25) is 0 Å². The fraction of sp³-hybridized carbons (Fsp3) is 0.586. The van der Waals surface area contributed by atoms with E-state index in [9.17, 15) is 9.59 Å². The van der Waals surface area contributed by atoms with Crippen molar-refractivity contribution in [2.75, 3.05) is 19.0 Å². The maximum absolute atomic E-state index is 13.2. The number of ether oxygens (including phenoxy) is 2. The van der Waals surface area contributed by atoms with Crippen molar-refractivity contribution in [2.45, 2.75) is 77.6 Å². The Morgan fingerprint density at radius 2 is 2.06 bits per heavy atom. The monoisotopic (exact) mass is 495 g/mol. The van der Waals surface area contributed by atoms with E-state index in [1.54, 1.807) is 18.4 Å². The largest absolute Gasteiger partial charge is 0.497 e. The molecular formula is C29H37NO4S. The summed E-state index contributed by atoms with van der Waals surface area (Å²) in [5, 5.41) is 3.75. The van der Waals surface area contributed by atoms with Crippen molar-refractivity contribution >= 4 is 28.2 Å². The lowest BCUT2D eigenvalue weighted by Crippen LogP contribution is -2.43. The smallest absolute Gasteiger partial charge is 0.341 e. The van der Waals surface area contributed by atoms with Crippen LogP contribution in [0.15, 0.2) is 18.2 Å². The molecular weight excluding hydrogens is 458 g/mol. The molecule has 0 unspecified atom stereocenters. The third kappa shape index (κ3) is 4.08. The number of hydrogen-bond acceptors (Lipinski definition) is 5. The Kier molecular flexibility index (Phi) is 6.45. The summed E-state index contributed by atoms with van der Waals surface area (Å²) < 4.78 is 11.0. The fourth-order valence-corrected chi connectivity index (χ4v) is 8.55. The standard InChI is InChI=1S/C29H37NO4S/c1-6-34-28(32)25-26-23(35-27(25)30-24(31)13-16(2)3)15-22-21-9-7-17-14-18(33-5)8-10-19(17)20(21)11-12-29(22,26)4/h8,10,14,16,20-22H,6-7,9,11-13,15H2,1-5H3,(H,30,31)/t20-,21+,22+,29-/m1/s1. The Labute approximate surface area is 212 Å². The SMILES string of the molecule is CCOC(=O)c1c(NC(=O)CC(C)C)sc2c1[C@]1(C)CC[C@@H]3c4ccc(OC)cc4CC[C@@H]3[C@@H]1C2. The number of thiophene rings is 1. The van der Waals surface area contributed by atoms with Gasteiger partial charge >= 0.3 is 5.97 Å². The molecule has 4 atom stereocenters. The molecule has 5 nitrogen and oxygen atoms in total. The molecule has 0 radical (unpaired) electrons. The number of fused-ring (bicyclic) bond motifs is 7. The first-order valence-corrected chi connectivity index (χ1v) is 13.9. The number of aryl methyl sites for hydroxylation is 1. The fourth-order valence-electron chi connectivity index (χ4n) is 7.15. The Balaban J connectivity index is 1.49. The molecule has 0 aliphatic heterocycles. The predicted octanol–water partition coefficient (Wildman–Crippen LogP) is 6.49. The second-order valence-corrected chi connectivity index (χ2v) is 12.2. The van der Waals surface area contributed by atoms with Gasteiger partial charge in [-0.3, -0.25) is 4.79 Å². The van der Waals surface area contributed by atoms with E-state index in [2.05, 4.69) is 30.4 Å². The molecule has 5 rings (SSSR count). The normalized spacial score (nSPS) is 26.4. The van der Waals surface area contributed by atoms with Crippen LogP contribution in [-0.2, 0) is 27.8 Å². The molecule has 6 heteroatoms. The number of carbonyl (C=O) groups excluding carboxylic acids is 2. The number of rotatable bonds is 6. The van der Waals surface area contributed by atoms with E-state index in [1.807, 2.05) is 20.8 Å². The first-order chi connectivity index (χ1) is 16.8. The average Bonchev–Trinajstić information content (AvgIpc) is 3.31. The number of benzene rings is 1. The van der Waals surface area contributed by atoms with Crippen LogP contribution in [-0.4, -0.2) is 25.6 Å². The highest BCUT2D eigenvalue weighted by Crippen LogP contribution is 2.63. The maximum atomic E-state index is 13.2. The first-order valence-electron chi connectivity index (χ1n) is 13.1.